The number of fused-ring (bicyclic) bond motifs is 3. The molecule has 0 unspecified atom stereocenters. The number of nitrogens with zero attached hydrogens (tertiary/aromatic N) is 2. The molecule has 1 N–H and O–H groups in total. The molecule has 1 aromatic carbocycles. The molecule has 0 spiro atoms. The summed E-state index contributed by atoms with van der Waals surface area (Å²) in [6.07, 6.45) is 1.49. The largest absolute Gasteiger partial charge is 0.385 e. The summed E-state index contributed by atoms with van der Waals surface area (Å²) < 4.78 is 2.13. The molecule has 0 fully saturated rings. The number of aromatic nitrogens is 2. The van der Waals surface area contributed by atoms with Gasteiger partial charge in [0.2, 0.25) is 0 Å². The summed E-state index contributed by atoms with van der Waals surface area (Å²) in [6, 6.07) is 8.04. The molecule has 1 aromatic heterocycles. The summed E-state index contributed by atoms with van der Waals surface area (Å²) in [5.41, 5.74) is 2.13. The van der Waals surface area contributed by atoms with Crippen LogP contribution in [0.4, 0.5) is 0 Å². The minimum Gasteiger partial charge on any atom is -0.385 e. The van der Waals surface area contributed by atoms with Crippen LogP contribution < -0.4 is 0 Å². The number of benzene rings is 1. The molecule has 0 saturated heterocycles. The van der Waals surface area contributed by atoms with Gasteiger partial charge in [0.1, 0.15) is 11.9 Å². The molecular formula is C11H12N2O. The van der Waals surface area contributed by atoms with Crippen molar-refractivity contribution in [3.05, 3.63) is 30.1 Å². The molecule has 0 radical (unpaired) electrons. The van der Waals surface area contributed by atoms with Crippen molar-refractivity contribution in [3.63, 3.8) is 0 Å². The first-order valence-electron chi connectivity index (χ1n) is 4.99. The van der Waals surface area contributed by atoms with Gasteiger partial charge in [-0.05, 0) is 25.0 Å². The zero-order valence-electron chi connectivity index (χ0n) is 7.85. The molecule has 1 atom stereocenters. The highest BCUT2D eigenvalue weighted by Crippen LogP contribution is 2.28. The highest BCUT2D eigenvalue weighted by atomic mass is 16.3. The number of hydrogen-bond acceptors (Lipinski definition) is 2. The lowest BCUT2D eigenvalue weighted by atomic mass is 10.1. The van der Waals surface area contributed by atoms with Crippen molar-refractivity contribution in [2.45, 2.75) is 25.5 Å². The first kappa shape index (κ1) is 8.00. The quantitative estimate of drug-likeness (QED) is 0.685. The number of aliphatic hydroxyl groups is 1. The molecule has 14 heavy (non-hydrogen) atoms. The number of aliphatic hydroxyl groups excluding tert-OH is 1. The smallest absolute Gasteiger partial charge is 0.138 e. The van der Waals surface area contributed by atoms with Gasteiger partial charge in [0.15, 0.2) is 0 Å². The minimum atomic E-state index is -0.379. The molecule has 2 aromatic rings. The van der Waals surface area contributed by atoms with E-state index < -0.39 is 0 Å². The SMILES string of the molecule is O[C@@H]1CCCn2c1nc1ccccc12. The third-order valence-corrected chi connectivity index (χ3v) is 2.84. The summed E-state index contributed by atoms with van der Waals surface area (Å²) in [5.74, 6) is 0.831. The Kier molecular flexibility index (Phi) is 1.61. The normalized spacial score (nSPS) is 21.1. The first-order valence-corrected chi connectivity index (χ1v) is 4.99. The van der Waals surface area contributed by atoms with E-state index in [4.69, 9.17) is 0 Å². The minimum absolute atomic E-state index is 0.379. The average Bonchev–Trinajstić information content (AvgIpc) is 2.59. The van der Waals surface area contributed by atoms with Crippen LogP contribution in [-0.2, 0) is 6.54 Å². The number of rotatable bonds is 0. The maximum absolute atomic E-state index is 9.78. The highest BCUT2D eigenvalue weighted by molar-refractivity contribution is 5.76. The summed E-state index contributed by atoms with van der Waals surface area (Å²) in [7, 11) is 0. The molecule has 0 amide bonds. The number of aryl methyl sites for hydroxylation is 1. The fourth-order valence-corrected chi connectivity index (χ4v) is 2.16. The lowest BCUT2D eigenvalue weighted by Gasteiger charge is -2.19. The van der Waals surface area contributed by atoms with Crippen LogP contribution in [0.15, 0.2) is 24.3 Å². The zero-order chi connectivity index (χ0) is 9.54. The predicted molar refractivity (Wildman–Crippen MR) is 53.9 cm³/mol. The van der Waals surface area contributed by atoms with Gasteiger partial charge < -0.3 is 9.67 Å². The van der Waals surface area contributed by atoms with Crippen molar-refractivity contribution < 1.29 is 5.11 Å². The van der Waals surface area contributed by atoms with Crippen molar-refractivity contribution >= 4 is 11.0 Å². The molecule has 0 aliphatic carbocycles. The van der Waals surface area contributed by atoms with Gasteiger partial charge >= 0.3 is 0 Å². The molecule has 1 aliphatic heterocycles. The van der Waals surface area contributed by atoms with Gasteiger partial charge in [-0.2, -0.15) is 0 Å². The van der Waals surface area contributed by atoms with Gasteiger partial charge in [-0.3, -0.25) is 0 Å². The predicted octanol–water partition coefficient (Wildman–Crippen LogP) is 1.86. The third-order valence-electron chi connectivity index (χ3n) is 2.84. The molecule has 0 saturated carbocycles. The van der Waals surface area contributed by atoms with Crippen molar-refractivity contribution in [3.8, 4) is 0 Å². The van der Waals surface area contributed by atoms with Gasteiger partial charge in [-0.15, -0.1) is 0 Å². The first-order chi connectivity index (χ1) is 6.86. The topological polar surface area (TPSA) is 38.0 Å². The average molecular weight is 188 g/mol. The van der Waals surface area contributed by atoms with E-state index >= 15 is 0 Å². The lowest BCUT2D eigenvalue weighted by Crippen LogP contribution is -2.15. The maximum atomic E-state index is 9.78. The van der Waals surface area contributed by atoms with E-state index in [2.05, 4.69) is 15.6 Å². The molecule has 3 rings (SSSR count). The number of hydrogen-bond donors (Lipinski definition) is 1. The fraction of sp³-hybridized carbons (Fsp3) is 0.364. The van der Waals surface area contributed by atoms with E-state index in [1.807, 2.05) is 18.2 Å². The van der Waals surface area contributed by atoms with Crippen LogP contribution in [-0.4, -0.2) is 14.7 Å². The van der Waals surface area contributed by atoms with E-state index in [1.54, 1.807) is 0 Å². The maximum Gasteiger partial charge on any atom is 0.138 e. The summed E-state index contributed by atoms with van der Waals surface area (Å²) in [4.78, 5) is 4.45. The van der Waals surface area contributed by atoms with Crippen molar-refractivity contribution in [2.24, 2.45) is 0 Å². The fourth-order valence-electron chi connectivity index (χ4n) is 2.16. The molecule has 2 heterocycles. The molecule has 1 aliphatic rings. The van der Waals surface area contributed by atoms with Crippen LogP contribution in [0.3, 0.4) is 0 Å². The second kappa shape index (κ2) is 2.82. The lowest BCUT2D eigenvalue weighted by molar-refractivity contribution is 0.135. The van der Waals surface area contributed by atoms with Crippen LogP contribution in [0.25, 0.3) is 11.0 Å². The molecule has 3 nitrogen and oxygen atoms in total. The Bertz CT molecular complexity index is 475. The molecule has 3 heteroatoms. The Morgan fingerprint density at radius 2 is 2.21 bits per heavy atom. The van der Waals surface area contributed by atoms with Gasteiger partial charge in [-0.1, -0.05) is 12.1 Å². The number of para-hydroxylation sites is 2. The van der Waals surface area contributed by atoms with E-state index in [0.29, 0.717) is 0 Å². The summed E-state index contributed by atoms with van der Waals surface area (Å²) in [6.45, 7) is 0.979. The Hall–Kier alpha value is -1.35. The Labute approximate surface area is 82.0 Å². The second-order valence-corrected chi connectivity index (χ2v) is 3.77. The Morgan fingerprint density at radius 1 is 1.36 bits per heavy atom. The van der Waals surface area contributed by atoms with E-state index in [0.717, 1.165) is 36.2 Å². The van der Waals surface area contributed by atoms with E-state index in [1.165, 1.54) is 0 Å². The summed E-state index contributed by atoms with van der Waals surface area (Å²) in [5, 5.41) is 9.78. The molecule has 72 valence electrons. The molecule has 0 bridgehead atoms. The van der Waals surface area contributed by atoms with Crippen LogP contribution in [0, 0.1) is 0 Å². The Balaban J connectivity index is 2.32. The van der Waals surface area contributed by atoms with Crippen molar-refractivity contribution in [2.75, 3.05) is 0 Å². The van der Waals surface area contributed by atoms with Crippen LogP contribution >= 0.6 is 0 Å². The summed E-state index contributed by atoms with van der Waals surface area (Å²) >= 11 is 0. The second-order valence-electron chi connectivity index (χ2n) is 3.77. The van der Waals surface area contributed by atoms with Crippen LogP contribution in [0.5, 0.6) is 0 Å². The van der Waals surface area contributed by atoms with Crippen LogP contribution in [0.2, 0.25) is 0 Å². The van der Waals surface area contributed by atoms with Crippen molar-refractivity contribution in [1.82, 2.24) is 9.55 Å². The highest BCUT2D eigenvalue weighted by Gasteiger charge is 2.21. The number of imidazole rings is 1. The molecular weight excluding hydrogens is 176 g/mol. The van der Waals surface area contributed by atoms with Gasteiger partial charge in [0, 0.05) is 6.54 Å². The van der Waals surface area contributed by atoms with Crippen LogP contribution in [0.1, 0.15) is 24.8 Å². The van der Waals surface area contributed by atoms with Gasteiger partial charge in [0.05, 0.1) is 11.0 Å². The Morgan fingerprint density at radius 3 is 3.14 bits per heavy atom. The van der Waals surface area contributed by atoms with E-state index in [9.17, 15) is 5.11 Å². The van der Waals surface area contributed by atoms with Gasteiger partial charge in [0.25, 0.3) is 0 Å². The van der Waals surface area contributed by atoms with E-state index in [-0.39, 0.29) is 6.10 Å². The monoisotopic (exact) mass is 188 g/mol. The third kappa shape index (κ3) is 0.990. The zero-order valence-corrected chi connectivity index (χ0v) is 7.85. The van der Waals surface area contributed by atoms with Gasteiger partial charge in [-0.25, -0.2) is 4.98 Å². The van der Waals surface area contributed by atoms with Crippen molar-refractivity contribution in [1.29, 1.82) is 0 Å². The standard InChI is InChI=1S/C11H12N2O/c14-10-6-3-7-13-9-5-2-1-4-8(9)12-11(10)13/h1-2,4-5,10,14H,3,6-7H2/t10-/m1/s1.